The minimum Gasteiger partial charge on any atom is -0.387 e. The minimum absolute atomic E-state index is 0.121. The van der Waals surface area contributed by atoms with E-state index in [0.717, 1.165) is 47.9 Å². The molecule has 0 radical (unpaired) electrons. The molecule has 0 aromatic carbocycles. The molecule has 1 amide bonds. The second kappa shape index (κ2) is 16.6. The predicted octanol–water partition coefficient (Wildman–Crippen LogP) is 8.93. The van der Waals surface area contributed by atoms with Crippen LogP contribution >= 0.6 is 23.2 Å². The summed E-state index contributed by atoms with van der Waals surface area (Å²) in [6, 6.07) is 0. The Morgan fingerprint density at radius 1 is 1.23 bits per heavy atom. The zero-order valence-corrected chi connectivity index (χ0v) is 26.7. The van der Waals surface area contributed by atoms with Crippen molar-refractivity contribution >= 4 is 42.0 Å². The number of rotatable bonds is 16. The molecule has 1 N–H and O–H groups in total. The number of amides is 1. The number of aliphatic imine (C=N–C) groups is 1. The number of unbranched alkanes of at least 4 members (excludes halogenated alkanes) is 2. The molecule has 0 bridgehead atoms. The van der Waals surface area contributed by atoms with Crippen LogP contribution in [0.5, 0.6) is 0 Å². The smallest absolute Gasteiger partial charge is 0.387 e. The van der Waals surface area contributed by atoms with Gasteiger partial charge in [-0.15, -0.1) is 11.6 Å². The van der Waals surface area contributed by atoms with Gasteiger partial charge in [-0.3, -0.25) is 4.99 Å². The molecular formula is C34H51Cl2N2O2+. The highest BCUT2D eigenvalue weighted by Gasteiger charge is 2.35. The topological polar surface area (TPSA) is 52.7 Å². The lowest BCUT2D eigenvalue weighted by Gasteiger charge is -2.28. The van der Waals surface area contributed by atoms with E-state index in [-0.39, 0.29) is 22.6 Å². The molecule has 0 saturated heterocycles. The SMILES string of the molecule is C=C(CC1=C(Cl)CC(Cl)C=CC1)C(=C)C(=O)[N+](=C)CC1(C)C=NC(C(O)C(CCC)CCCCCC(C)C)=CC1. The van der Waals surface area contributed by atoms with Crippen LogP contribution in [-0.2, 0) is 4.79 Å². The van der Waals surface area contributed by atoms with Gasteiger partial charge in [0.2, 0.25) is 0 Å². The van der Waals surface area contributed by atoms with E-state index < -0.39 is 6.10 Å². The van der Waals surface area contributed by atoms with E-state index in [1.807, 2.05) is 24.4 Å². The number of carbonyl (C=O) groups excluding carboxylic acids is 1. The number of nitrogens with zero attached hydrogens (tertiary/aromatic N) is 2. The molecule has 1 aliphatic carbocycles. The number of carbonyl (C=O) groups is 1. The predicted molar refractivity (Wildman–Crippen MR) is 173 cm³/mol. The van der Waals surface area contributed by atoms with Gasteiger partial charge in [-0.2, -0.15) is 4.58 Å². The Kier molecular flexibility index (Phi) is 14.3. The van der Waals surface area contributed by atoms with Crippen molar-refractivity contribution in [3.05, 3.63) is 58.8 Å². The minimum atomic E-state index is -0.555. The van der Waals surface area contributed by atoms with Gasteiger partial charge in [0.05, 0.1) is 28.2 Å². The summed E-state index contributed by atoms with van der Waals surface area (Å²) in [6.45, 7) is 21.3. The molecule has 1 aliphatic heterocycles. The molecule has 0 fully saturated rings. The summed E-state index contributed by atoms with van der Waals surface area (Å²) in [5.74, 6) is 0.709. The monoisotopic (exact) mass is 589 g/mol. The van der Waals surface area contributed by atoms with Gasteiger partial charge in [-0.1, -0.05) is 95.9 Å². The lowest BCUT2D eigenvalue weighted by Crippen LogP contribution is -2.36. The maximum atomic E-state index is 13.2. The first kappa shape index (κ1) is 34.5. The molecule has 0 spiro atoms. The summed E-state index contributed by atoms with van der Waals surface area (Å²) in [4.78, 5) is 17.9. The quantitative estimate of drug-likeness (QED) is 0.0371. The van der Waals surface area contributed by atoms with Gasteiger partial charge in [0.25, 0.3) is 0 Å². The van der Waals surface area contributed by atoms with Crippen molar-refractivity contribution in [2.45, 2.75) is 110 Å². The number of halogens is 2. The summed E-state index contributed by atoms with van der Waals surface area (Å²) in [5.41, 5.74) is 2.34. The fourth-order valence-electron chi connectivity index (χ4n) is 5.42. The molecule has 6 heteroatoms. The van der Waals surface area contributed by atoms with Crippen molar-refractivity contribution in [2.75, 3.05) is 6.54 Å². The molecule has 2 aliphatic rings. The van der Waals surface area contributed by atoms with Crippen LogP contribution in [-0.4, -0.2) is 46.5 Å². The van der Waals surface area contributed by atoms with Crippen LogP contribution in [0.25, 0.3) is 0 Å². The fraction of sp³-hybridized carbons (Fsp3) is 0.618. The molecule has 4 unspecified atom stereocenters. The number of allylic oxidation sites excluding steroid dienone is 5. The molecule has 1 heterocycles. The molecule has 4 atom stereocenters. The Hall–Kier alpha value is -1.75. The number of hydrogen-bond donors (Lipinski definition) is 1. The number of hydrogen-bond acceptors (Lipinski definition) is 3. The second-order valence-corrected chi connectivity index (χ2v) is 13.4. The van der Waals surface area contributed by atoms with Crippen molar-refractivity contribution in [3.63, 3.8) is 0 Å². The van der Waals surface area contributed by atoms with Crippen LogP contribution in [0, 0.1) is 17.3 Å². The molecule has 40 heavy (non-hydrogen) atoms. The van der Waals surface area contributed by atoms with Crippen LogP contribution < -0.4 is 0 Å². The van der Waals surface area contributed by atoms with E-state index in [1.165, 1.54) is 23.8 Å². The van der Waals surface area contributed by atoms with E-state index in [1.54, 1.807) is 0 Å². The van der Waals surface area contributed by atoms with Crippen LogP contribution in [0.1, 0.15) is 98.3 Å². The van der Waals surface area contributed by atoms with Crippen LogP contribution in [0.4, 0.5) is 0 Å². The van der Waals surface area contributed by atoms with E-state index >= 15 is 0 Å². The molecule has 222 valence electrons. The molecule has 0 saturated carbocycles. The van der Waals surface area contributed by atoms with Gasteiger partial charge >= 0.3 is 5.91 Å². The highest BCUT2D eigenvalue weighted by molar-refractivity contribution is 6.31. The summed E-state index contributed by atoms with van der Waals surface area (Å²) >= 11 is 12.7. The van der Waals surface area contributed by atoms with E-state index in [2.05, 4.69) is 52.6 Å². The van der Waals surface area contributed by atoms with E-state index in [0.29, 0.717) is 43.4 Å². The molecule has 2 rings (SSSR count). The van der Waals surface area contributed by atoms with Gasteiger partial charge in [0.15, 0.2) is 6.54 Å². The lowest BCUT2D eigenvalue weighted by atomic mass is 9.83. The average molecular weight is 591 g/mol. The van der Waals surface area contributed by atoms with Crippen molar-refractivity contribution < 1.29 is 14.5 Å². The molecule has 0 aromatic heterocycles. The number of aliphatic hydroxyl groups is 1. The number of alkyl halides is 1. The zero-order valence-electron chi connectivity index (χ0n) is 25.2. The summed E-state index contributed by atoms with van der Waals surface area (Å²) < 4.78 is 1.45. The van der Waals surface area contributed by atoms with Crippen LogP contribution in [0.3, 0.4) is 0 Å². The van der Waals surface area contributed by atoms with E-state index in [4.69, 9.17) is 23.2 Å². The van der Waals surface area contributed by atoms with Crippen molar-refractivity contribution in [2.24, 2.45) is 22.2 Å². The van der Waals surface area contributed by atoms with Gasteiger partial charge < -0.3 is 5.11 Å². The Labute approximate surface area is 253 Å². The Morgan fingerprint density at radius 2 is 1.93 bits per heavy atom. The molecule has 0 aromatic rings. The third-order valence-corrected chi connectivity index (χ3v) is 8.71. The third kappa shape index (κ3) is 10.9. The van der Waals surface area contributed by atoms with Crippen LogP contribution in [0.15, 0.2) is 63.8 Å². The molecule has 4 nitrogen and oxygen atoms in total. The first-order chi connectivity index (χ1) is 18.9. The highest BCUT2D eigenvalue weighted by Crippen LogP contribution is 2.33. The van der Waals surface area contributed by atoms with Crippen molar-refractivity contribution in [3.8, 4) is 0 Å². The molecular weight excluding hydrogens is 539 g/mol. The normalized spacial score (nSPS) is 22.6. The Balaban J connectivity index is 1.93. The standard InChI is InChI=1S/C34H51Cl2N2O2/c1-8-13-27(15-11-9-10-14-24(2)3)32(39)31-18-19-34(6,22-37-31)23-38(7)33(40)26(5)25(4)20-28-16-12-17-29(35)21-30(28)36/h12,17-18,22,24,27,29,32,39H,4-5,7-11,13-16,19-21,23H2,1-3,6H3/q+1. The highest BCUT2D eigenvalue weighted by atomic mass is 35.5. The van der Waals surface area contributed by atoms with Gasteiger partial charge in [-0.25, -0.2) is 4.79 Å². The van der Waals surface area contributed by atoms with Gasteiger partial charge in [-0.05, 0) is 62.0 Å². The van der Waals surface area contributed by atoms with Crippen LogP contribution in [0.2, 0.25) is 0 Å². The average Bonchev–Trinajstić information content (AvgIpc) is 3.05. The number of aliphatic hydroxyl groups excluding tert-OH is 1. The van der Waals surface area contributed by atoms with Gasteiger partial charge in [0.1, 0.15) is 6.72 Å². The summed E-state index contributed by atoms with van der Waals surface area (Å²) in [6.07, 6.45) is 17.7. The zero-order chi connectivity index (χ0) is 29.9. The summed E-state index contributed by atoms with van der Waals surface area (Å²) in [7, 11) is 0. The largest absolute Gasteiger partial charge is 0.418 e. The third-order valence-electron chi connectivity index (χ3n) is 7.99. The van der Waals surface area contributed by atoms with Gasteiger partial charge in [0, 0.05) is 17.7 Å². The summed E-state index contributed by atoms with van der Waals surface area (Å²) in [5, 5.41) is 11.8. The van der Waals surface area contributed by atoms with E-state index in [9.17, 15) is 9.90 Å². The maximum Gasteiger partial charge on any atom is 0.418 e. The van der Waals surface area contributed by atoms with Crippen molar-refractivity contribution in [1.82, 2.24) is 0 Å². The Bertz CT molecular complexity index is 1050. The van der Waals surface area contributed by atoms with Crippen molar-refractivity contribution in [1.29, 1.82) is 0 Å². The second-order valence-electron chi connectivity index (χ2n) is 12.4. The lowest BCUT2D eigenvalue weighted by molar-refractivity contribution is -0.448. The maximum absolute atomic E-state index is 13.2. The Morgan fingerprint density at radius 3 is 2.55 bits per heavy atom. The first-order valence-electron chi connectivity index (χ1n) is 15.0. The fourth-order valence-corrected chi connectivity index (χ4v) is 6.07. The first-order valence-corrected chi connectivity index (χ1v) is 15.8.